The number of hydrogen-bond donors (Lipinski definition) is 0. The second-order valence-electron chi connectivity index (χ2n) is 8.28. The van der Waals surface area contributed by atoms with Crippen molar-refractivity contribution in [2.75, 3.05) is 20.6 Å². The number of nitrogens with zero attached hydrogens (tertiary/aromatic N) is 1. The lowest BCUT2D eigenvalue weighted by atomic mass is 9.70. The Bertz CT molecular complexity index is 220. The molecule has 0 spiro atoms. The Labute approximate surface area is 129 Å². The van der Waals surface area contributed by atoms with Gasteiger partial charge in [0.2, 0.25) is 0 Å². The Morgan fingerprint density at radius 1 is 0.600 bits per heavy atom. The largest absolute Gasteiger partial charge is 0.309 e. The summed E-state index contributed by atoms with van der Waals surface area (Å²) in [6.45, 7) is 20.6. The van der Waals surface area contributed by atoms with E-state index in [2.05, 4.69) is 74.4 Å². The first-order valence-electron chi connectivity index (χ1n) is 8.72. The summed E-state index contributed by atoms with van der Waals surface area (Å²) >= 11 is 0. The quantitative estimate of drug-likeness (QED) is 0.547. The van der Waals surface area contributed by atoms with Gasteiger partial charge in [-0.05, 0) is 61.9 Å². The van der Waals surface area contributed by atoms with E-state index in [4.69, 9.17) is 0 Å². The van der Waals surface area contributed by atoms with Gasteiger partial charge < -0.3 is 4.90 Å². The molecular formula is C19H41N. The summed E-state index contributed by atoms with van der Waals surface area (Å²) in [5, 5.41) is 0. The highest BCUT2D eigenvalue weighted by atomic mass is 15.1. The molecule has 0 aromatic rings. The van der Waals surface area contributed by atoms with Crippen LogP contribution in [0.25, 0.3) is 0 Å². The summed E-state index contributed by atoms with van der Waals surface area (Å²) in [5.74, 6) is 5.65. The normalized spacial score (nSPS) is 21.6. The van der Waals surface area contributed by atoms with Crippen molar-refractivity contribution in [3.63, 3.8) is 0 Å². The third-order valence-electron chi connectivity index (χ3n) is 5.78. The molecule has 0 aliphatic heterocycles. The van der Waals surface area contributed by atoms with Crippen molar-refractivity contribution >= 4 is 0 Å². The molecule has 0 aliphatic rings. The van der Waals surface area contributed by atoms with Gasteiger partial charge in [0.15, 0.2) is 0 Å². The fourth-order valence-corrected chi connectivity index (χ4v) is 3.69. The predicted molar refractivity (Wildman–Crippen MR) is 93.0 cm³/mol. The average Bonchev–Trinajstić information content (AvgIpc) is 2.33. The Morgan fingerprint density at radius 3 is 1.35 bits per heavy atom. The van der Waals surface area contributed by atoms with E-state index in [1.807, 2.05) is 0 Å². The smallest absolute Gasteiger partial charge is 0.000357 e. The molecule has 6 unspecified atom stereocenters. The Balaban J connectivity index is 4.54. The van der Waals surface area contributed by atoms with E-state index < -0.39 is 0 Å². The van der Waals surface area contributed by atoms with E-state index in [0.717, 1.165) is 41.4 Å². The SMILES string of the molecule is CC(C)CC(C)C(C)C(C)C(C)C(C)C(C)CN(C)C. The third kappa shape index (κ3) is 6.61. The van der Waals surface area contributed by atoms with Gasteiger partial charge >= 0.3 is 0 Å². The number of rotatable bonds is 9. The summed E-state index contributed by atoms with van der Waals surface area (Å²) in [6.07, 6.45) is 1.36. The van der Waals surface area contributed by atoms with Crippen LogP contribution in [0.4, 0.5) is 0 Å². The van der Waals surface area contributed by atoms with Crippen LogP contribution in [0.15, 0.2) is 0 Å². The lowest BCUT2D eigenvalue weighted by Gasteiger charge is -2.37. The molecule has 0 rings (SSSR count). The molecule has 1 heteroatoms. The van der Waals surface area contributed by atoms with Crippen LogP contribution in [0.3, 0.4) is 0 Å². The van der Waals surface area contributed by atoms with Gasteiger partial charge in [-0.2, -0.15) is 0 Å². The molecule has 0 N–H and O–H groups in total. The highest BCUT2D eigenvalue weighted by Gasteiger charge is 2.29. The van der Waals surface area contributed by atoms with Gasteiger partial charge in [0.25, 0.3) is 0 Å². The first-order valence-corrected chi connectivity index (χ1v) is 8.72. The molecule has 0 heterocycles. The molecule has 1 nitrogen and oxygen atoms in total. The first kappa shape index (κ1) is 20.0. The number of hydrogen-bond acceptors (Lipinski definition) is 1. The van der Waals surface area contributed by atoms with Crippen molar-refractivity contribution in [1.29, 1.82) is 0 Å². The van der Waals surface area contributed by atoms with Crippen LogP contribution in [0.5, 0.6) is 0 Å². The molecule has 0 amide bonds. The van der Waals surface area contributed by atoms with Crippen molar-refractivity contribution in [3.05, 3.63) is 0 Å². The van der Waals surface area contributed by atoms with Crippen LogP contribution in [-0.2, 0) is 0 Å². The van der Waals surface area contributed by atoms with Crippen LogP contribution in [0.2, 0.25) is 0 Å². The monoisotopic (exact) mass is 283 g/mol. The third-order valence-corrected chi connectivity index (χ3v) is 5.78. The van der Waals surface area contributed by atoms with Crippen molar-refractivity contribution < 1.29 is 0 Å². The lowest BCUT2D eigenvalue weighted by Crippen LogP contribution is -2.33. The second kappa shape index (κ2) is 9.07. The summed E-state index contributed by atoms with van der Waals surface area (Å²) < 4.78 is 0. The van der Waals surface area contributed by atoms with Crippen molar-refractivity contribution in [2.45, 2.75) is 61.8 Å². The van der Waals surface area contributed by atoms with Gasteiger partial charge in [0, 0.05) is 6.54 Å². The highest BCUT2D eigenvalue weighted by Crippen LogP contribution is 2.36. The van der Waals surface area contributed by atoms with Crippen molar-refractivity contribution in [1.82, 2.24) is 4.90 Å². The molecule has 122 valence electrons. The van der Waals surface area contributed by atoms with Crippen LogP contribution in [-0.4, -0.2) is 25.5 Å². The Hall–Kier alpha value is -0.0400. The molecular weight excluding hydrogens is 242 g/mol. The van der Waals surface area contributed by atoms with E-state index >= 15 is 0 Å². The highest BCUT2D eigenvalue weighted by molar-refractivity contribution is 4.79. The average molecular weight is 284 g/mol. The minimum absolute atomic E-state index is 0.773. The maximum atomic E-state index is 2.48. The minimum atomic E-state index is 0.773. The fraction of sp³-hybridized carbons (Fsp3) is 1.00. The molecule has 0 radical (unpaired) electrons. The van der Waals surface area contributed by atoms with Gasteiger partial charge in [-0.15, -0.1) is 0 Å². The zero-order chi connectivity index (χ0) is 16.0. The Morgan fingerprint density at radius 2 is 1.00 bits per heavy atom. The van der Waals surface area contributed by atoms with Crippen LogP contribution in [0.1, 0.15) is 61.8 Å². The van der Waals surface area contributed by atoms with E-state index in [0.29, 0.717) is 0 Å². The van der Waals surface area contributed by atoms with E-state index in [1.165, 1.54) is 13.0 Å². The zero-order valence-electron chi connectivity index (χ0n) is 15.9. The molecule has 0 saturated heterocycles. The van der Waals surface area contributed by atoms with Crippen molar-refractivity contribution in [2.24, 2.45) is 41.4 Å². The minimum Gasteiger partial charge on any atom is -0.309 e. The first-order chi connectivity index (χ1) is 9.07. The maximum absolute atomic E-state index is 2.48. The van der Waals surface area contributed by atoms with Crippen LogP contribution >= 0.6 is 0 Å². The molecule has 0 aromatic carbocycles. The molecule has 0 aliphatic carbocycles. The van der Waals surface area contributed by atoms with Gasteiger partial charge in [0.05, 0.1) is 0 Å². The van der Waals surface area contributed by atoms with Crippen molar-refractivity contribution in [3.8, 4) is 0 Å². The standard InChI is InChI=1S/C19H41N/c1-13(2)11-14(3)16(5)18(7)19(8)17(6)15(4)12-20(9)10/h13-19H,11-12H2,1-10H3. The van der Waals surface area contributed by atoms with Gasteiger partial charge in [0.1, 0.15) is 0 Å². The summed E-state index contributed by atoms with van der Waals surface area (Å²) in [4.78, 5) is 2.32. The summed E-state index contributed by atoms with van der Waals surface area (Å²) in [6, 6.07) is 0. The molecule has 0 saturated carbocycles. The lowest BCUT2D eigenvalue weighted by molar-refractivity contribution is 0.120. The molecule has 0 fully saturated rings. The van der Waals surface area contributed by atoms with Gasteiger partial charge in [-0.3, -0.25) is 0 Å². The fourth-order valence-electron chi connectivity index (χ4n) is 3.69. The topological polar surface area (TPSA) is 3.24 Å². The molecule has 20 heavy (non-hydrogen) atoms. The Kier molecular flexibility index (Phi) is 9.06. The van der Waals surface area contributed by atoms with E-state index in [-0.39, 0.29) is 0 Å². The predicted octanol–water partition coefficient (Wildman–Crippen LogP) is 5.41. The molecule has 0 aromatic heterocycles. The van der Waals surface area contributed by atoms with Gasteiger partial charge in [-0.1, -0.05) is 55.4 Å². The summed E-state index contributed by atoms with van der Waals surface area (Å²) in [5.41, 5.74) is 0. The second-order valence-corrected chi connectivity index (χ2v) is 8.28. The maximum Gasteiger partial charge on any atom is 0.000357 e. The van der Waals surface area contributed by atoms with E-state index in [1.54, 1.807) is 0 Å². The van der Waals surface area contributed by atoms with E-state index in [9.17, 15) is 0 Å². The van der Waals surface area contributed by atoms with Crippen LogP contribution in [0, 0.1) is 41.4 Å². The molecule has 0 bridgehead atoms. The molecule has 6 atom stereocenters. The van der Waals surface area contributed by atoms with Crippen LogP contribution < -0.4 is 0 Å². The zero-order valence-corrected chi connectivity index (χ0v) is 15.9. The van der Waals surface area contributed by atoms with Gasteiger partial charge in [-0.25, -0.2) is 0 Å². The summed E-state index contributed by atoms with van der Waals surface area (Å²) in [7, 11) is 4.37.